The second kappa shape index (κ2) is 29.0. The van der Waals surface area contributed by atoms with Crippen molar-refractivity contribution in [1.29, 1.82) is 0 Å². The first-order chi connectivity index (χ1) is 60.5. The van der Waals surface area contributed by atoms with E-state index in [1.807, 2.05) is 35.6 Å². The number of aromatic nitrogens is 3. The van der Waals surface area contributed by atoms with E-state index in [0.717, 1.165) is 49.6 Å². The van der Waals surface area contributed by atoms with Gasteiger partial charge in [-0.05, 0) is 210 Å². The standard InChI is InChI=1S/C42H27NS.C40H25NO.C34H21NO/c1-3-11-28(12-4-1)32-23-33(29-13-5-2-6-14-29)25-34(24-32)43-39-17-9-7-15-35(39)36-21-19-31(27-40(36)43)30-20-22-42-38(26-30)37-16-8-10-18-41(37)44-42;1-2-10-26(11-3-1)29-21-22-37(31-13-5-4-12-30(29)31)41-36-16-8-6-14-32(36)33-20-18-28(25-38(33)41)27-19-23-40-35(24-27)34-15-7-9-17-39(34)42-40;1-2-8-23-19-26(16-13-22(23)7-1)35-31-11-5-3-9-27(31)28-17-14-25(21-32(28)35)24-15-18-34-30(20-24)29-10-4-6-12-33(29)36-34/h1-27H;1-25H;1-21H. The zero-order valence-electron chi connectivity index (χ0n) is 66.2. The van der Waals surface area contributed by atoms with Crippen LogP contribution >= 0.6 is 11.3 Å². The van der Waals surface area contributed by atoms with Crippen LogP contribution in [0.4, 0.5) is 0 Å². The Kier molecular flexibility index (Phi) is 16.7. The number of thiophene rings is 1. The quantitative estimate of drug-likeness (QED) is 0.145. The first kappa shape index (κ1) is 70.4. The Balaban J connectivity index is 0.000000104. The maximum Gasteiger partial charge on any atom is 0.135 e. The molecule has 0 atom stereocenters. The van der Waals surface area contributed by atoms with Crippen LogP contribution in [0.2, 0.25) is 0 Å². The molecular formula is C116H73N3O2S. The predicted molar refractivity (Wildman–Crippen MR) is 517 cm³/mol. The summed E-state index contributed by atoms with van der Waals surface area (Å²) in [6, 6.07) is 160. The smallest absolute Gasteiger partial charge is 0.135 e. The van der Waals surface area contributed by atoms with Gasteiger partial charge in [0.25, 0.3) is 0 Å². The molecule has 0 amide bonds. The van der Waals surface area contributed by atoms with Crippen molar-refractivity contribution >= 4 is 162 Å². The molecule has 0 fully saturated rings. The van der Waals surface area contributed by atoms with Crippen LogP contribution < -0.4 is 0 Å². The summed E-state index contributed by atoms with van der Waals surface area (Å²) in [6.07, 6.45) is 0. The van der Waals surface area contributed by atoms with Gasteiger partial charge in [-0.15, -0.1) is 11.3 Å². The molecule has 5 nitrogen and oxygen atoms in total. The van der Waals surface area contributed by atoms with E-state index in [-0.39, 0.29) is 0 Å². The van der Waals surface area contributed by atoms with Crippen molar-refractivity contribution in [2.75, 3.05) is 0 Å². The highest BCUT2D eigenvalue weighted by atomic mass is 32.1. The van der Waals surface area contributed by atoms with Gasteiger partial charge in [0.1, 0.15) is 22.3 Å². The largest absolute Gasteiger partial charge is 0.456 e. The lowest BCUT2D eigenvalue weighted by molar-refractivity contribution is 0.668. The molecule has 122 heavy (non-hydrogen) atoms. The van der Waals surface area contributed by atoms with Gasteiger partial charge in [0.05, 0.1) is 38.8 Å². The number of benzene rings is 20. The summed E-state index contributed by atoms with van der Waals surface area (Å²) >= 11 is 1.87. The summed E-state index contributed by atoms with van der Waals surface area (Å²) in [6.45, 7) is 0. The normalized spacial score (nSPS) is 11.8. The Bertz CT molecular complexity index is 8600. The minimum atomic E-state index is 0.917. The lowest BCUT2D eigenvalue weighted by Gasteiger charge is -2.15. The molecule has 6 heterocycles. The van der Waals surface area contributed by atoms with Crippen molar-refractivity contribution in [1.82, 2.24) is 13.7 Å². The lowest BCUT2D eigenvalue weighted by atomic mass is 9.97. The van der Waals surface area contributed by atoms with Gasteiger partial charge >= 0.3 is 0 Å². The molecular weight excluding hydrogens is 1500 g/mol. The molecule has 6 aromatic heterocycles. The number of rotatable bonds is 9. The van der Waals surface area contributed by atoms with E-state index >= 15 is 0 Å². The molecule has 0 spiro atoms. The number of para-hydroxylation sites is 5. The molecule has 26 aromatic rings. The third-order valence-corrected chi connectivity index (χ3v) is 25.9. The van der Waals surface area contributed by atoms with Crippen molar-refractivity contribution in [3.63, 3.8) is 0 Å². The number of fused-ring (bicyclic) bond motifs is 20. The number of nitrogens with zero attached hydrogens (tertiary/aromatic N) is 3. The molecule has 570 valence electrons. The summed E-state index contributed by atoms with van der Waals surface area (Å²) < 4.78 is 22.1. The highest BCUT2D eigenvalue weighted by molar-refractivity contribution is 7.25. The van der Waals surface area contributed by atoms with E-state index in [2.05, 4.69) is 432 Å². The first-order valence-electron chi connectivity index (χ1n) is 41.6. The molecule has 0 bridgehead atoms. The van der Waals surface area contributed by atoms with Crippen molar-refractivity contribution in [3.8, 4) is 83.8 Å². The van der Waals surface area contributed by atoms with Crippen LogP contribution in [0.3, 0.4) is 0 Å². The van der Waals surface area contributed by atoms with Gasteiger partial charge in [-0.2, -0.15) is 0 Å². The van der Waals surface area contributed by atoms with Crippen LogP contribution in [0.25, 0.3) is 235 Å². The summed E-state index contributed by atoms with van der Waals surface area (Å²) in [5, 5.41) is 19.8. The molecule has 0 radical (unpaired) electrons. The molecule has 0 N–H and O–H groups in total. The summed E-state index contributed by atoms with van der Waals surface area (Å²) in [5.41, 5.74) is 29.0. The second-order valence-corrected chi connectivity index (χ2v) is 32.8. The molecule has 0 unspecified atom stereocenters. The second-order valence-electron chi connectivity index (χ2n) is 31.8. The van der Waals surface area contributed by atoms with Crippen LogP contribution in [-0.2, 0) is 0 Å². The van der Waals surface area contributed by atoms with Crippen molar-refractivity contribution in [2.24, 2.45) is 0 Å². The molecule has 0 saturated heterocycles. The topological polar surface area (TPSA) is 41.1 Å². The maximum absolute atomic E-state index is 6.11. The van der Waals surface area contributed by atoms with Gasteiger partial charge < -0.3 is 22.5 Å². The van der Waals surface area contributed by atoms with E-state index < -0.39 is 0 Å². The average Bonchev–Trinajstić information content (AvgIpc) is 1.59. The monoisotopic (exact) mass is 1570 g/mol. The number of hydrogen-bond acceptors (Lipinski definition) is 3. The van der Waals surface area contributed by atoms with E-state index in [1.165, 1.54) is 185 Å². The van der Waals surface area contributed by atoms with Gasteiger partial charge in [0.15, 0.2) is 0 Å². The SMILES string of the molecule is c1ccc(-c2cc(-c3ccccc3)cc(-n3c4ccccc4c4ccc(-c5ccc6sc7ccccc7c6c5)cc43)c2)cc1.c1ccc(-c2ccc(-n3c4ccccc4c4ccc(-c5ccc6oc7ccccc7c6c5)cc43)c3ccccc23)cc1.c1ccc2cc(-n3c4ccccc4c4ccc(-c5ccc6oc7ccccc7c6c5)cc43)ccc2c1. The highest BCUT2D eigenvalue weighted by Gasteiger charge is 2.22. The highest BCUT2D eigenvalue weighted by Crippen LogP contribution is 2.45. The predicted octanol–water partition coefficient (Wildman–Crippen LogP) is 32.8. The molecule has 0 aliphatic carbocycles. The summed E-state index contributed by atoms with van der Waals surface area (Å²) in [5.74, 6) is 0. The lowest BCUT2D eigenvalue weighted by Crippen LogP contribution is -1.96. The minimum absolute atomic E-state index is 0.917. The van der Waals surface area contributed by atoms with Crippen LogP contribution in [0.1, 0.15) is 0 Å². The third-order valence-electron chi connectivity index (χ3n) is 24.8. The molecule has 20 aromatic carbocycles. The van der Waals surface area contributed by atoms with Gasteiger partial charge in [-0.25, -0.2) is 0 Å². The Morgan fingerprint density at radius 2 is 0.541 bits per heavy atom. The zero-order valence-corrected chi connectivity index (χ0v) is 67.0. The van der Waals surface area contributed by atoms with Gasteiger partial charge in [0.2, 0.25) is 0 Å². The first-order valence-corrected chi connectivity index (χ1v) is 42.5. The Morgan fingerprint density at radius 1 is 0.164 bits per heavy atom. The molecule has 0 aliphatic rings. The summed E-state index contributed by atoms with van der Waals surface area (Å²) in [7, 11) is 0. The van der Waals surface area contributed by atoms with Crippen LogP contribution in [0.5, 0.6) is 0 Å². The van der Waals surface area contributed by atoms with Gasteiger partial charge in [0, 0.05) is 90.8 Å². The maximum atomic E-state index is 6.11. The van der Waals surface area contributed by atoms with Crippen LogP contribution in [0.15, 0.2) is 452 Å². The van der Waals surface area contributed by atoms with E-state index in [4.69, 9.17) is 8.83 Å². The van der Waals surface area contributed by atoms with E-state index in [1.54, 1.807) is 0 Å². The fourth-order valence-electron chi connectivity index (χ4n) is 19.0. The van der Waals surface area contributed by atoms with Crippen molar-refractivity contribution in [2.45, 2.75) is 0 Å². The molecule has 26 rings (SSSR count). The van der Waals surface area contributed by atoms with Gasteiger partial charge in [-0.3, -0.25) is 0 Å². The van der Waals surface area contributed by atoms with Crippen molar-refractivity contribution in [3.05, 3.63) is 443 Å². The fourth-order valence-corrected chi connectivity index (χ4v) is 20.1. The fraction of sp³-hybridized carbons (Fsp3) is 0. The minimum Gasteiger partial charge on any atom is -0.456 e. The molecule has 0 aliphatic heterocycles. The Morgan fingerprint density at radius 3 is 1.09 bits per heavy atom. The average molecular weight is 1570 g/mol. The van der Waals surface area contributed by atoms with Crippen LogP contribution in [-0.4, -0.2) is 13.7 Å². The number of hydrogen-bond donors (Lipinski definition) is 0. The molecule has 0 saturated carbocycles. The molecule has 6 heteroatoms. The van der Waals surface area contributed by atoms with E-state index in [9.17, 15) is 0 Å². The third kappa shape index (κ3) is 12.0. The van der Waals surface area contributed by atoms with Gasteiger partial charge in [-0.1, -0.05) is 315 Å². The van der Waals surface area contributed by atoms with E-state index in [0.29, 0.717) is 0 Å². The van der Waals surface area contributed by atoms with Crippen molar-refractivity contribution < 1.29 is 8.83 Å². The summed E-state index contributed by atoms with van der Waals surface area (Å²) in [4.78, 5) is 0. The number of furan rings is 2. The zero-order chi connectivity index (χ0) is 80.3. The Hall–Kier alpha value is -15.9. The van der Waals surface area contributed by atoms with Crippen LogP contribution in [0, 0.1) is 0 Å². The Labute approximate surface area is 706 Å².